The van der Waals surface area contributed by atoms with Crippen LogP contribution in [0.5, 0.6) is 0 Å². The molecular formula is C44H28N2. The molecule has 10 rings (SSSR count). The predicted octanol–water partition coefficient (Wildman–Crippen LogP) is 11.9. The molecule has 214 valence electrons. The van der Waals surface area contributed by atoms with Gasteiger partial charge in [0.05, 0.1) is 29.1 Å². The van der Waals surface area contributed by atoms with Crippen LogP contribution >= 0.6 is 0 Å². The number of rotatable bonds is 3. The van der Waals surface area contributed by atoms with Gasteiger partial charge in [0.1, 0.15) is 0 Å². The Morgan fingerprint density at radius 2 is 1.09 bits per heavy atom. The summed E-state index contributed by atoms with van der Waals surface area (Å²) in [5, 5.41) is 9.39. The molecule has 46 heavy (non-hydrogen) atoms. The van der Waals surface area contributed by atoms with Crippen LogP contribution in [0.2, 0.25) is 0 Å². The van der Waals surface area contributed by atoms with Crippen molar-refractivity contribution in [3.05, 3.63) is 170 Å². The van der Waals surface area contributed by atoms with E-state index >= 15 is 0 Å². The number of benzene rings is 8. The van der Waals surface area contributed by atoms with E-state index in [-0.39, 0.29) is 0 Å². The Bertz CT molecular complexity index is 2840. The average molecular weight is 586 g/mol. The number of para-hydroxylation sites is 2. The van der Waals surface area contributed by atoms with E-state index in [9.17, 15) is 1.37 Å². The van der Waals surface area contributed by atoms with Crippen LogP contribution in [0.3, 0.4) is 0 Å². The summed E-state index contributed by atoms with van der Waals surface area (Å²) in [4.78, 5) is 0. The Hall–Kier alpha value is -6.12. The molecule has 0 atom stereocenters. The lowest BCUT2D eigenvalue weighted by molar-refractivity contribution is 1.17. The minimum Gasteiger partial charge on any atom is -0.309 e. The maximum atomic E-state index is 9.25. The zero-order chi connectivity index (χ0) is 31.1. The molecule has 0 aliphatic rings. The molecule has 0 fully saturated rings. The second kappa shape index (κ2) is 9.69. The fourth-order valence-corrected chi connectivity index (χ4v) is 7.63. The number of fused-ring (bicyclic) bond motifs is 9. The highest BCUT2D eigenvalue weighted by molar-refractivity contribution is 6.25. The molecule has 0 spiro atoms. The van der Waals surface area contributed by atoms with Crippen molar-refractivity contribution in [3.63, 3.8) is 0 Å². The zero-order valence-corrected chi connectivity index (χ0v) is 25.0. The minimum atomic E-state index is 0.519. The van der Waals surface area contributed by atoms with Gasteiger partial charge < -0.3 is 9.13 Å². The molecule has 2 aromatic heterocycles. The molecule has 2 heterocycles. The molecule has 0 N–H and O–H groups in total. The molecule has 2 nitrogen and oxygen atoms in total. The highest BCUT2D eigenvalue weighted by atomic mass is 15.0. The van der Waals surface area contributed by atoms with E-state index in [1.807, 2.05) is 18.2 Å². The maximum Gasteiger partial charge on any atom is 0.0630 e. The van der Waals surface area contributed by atoms with E-state index < -0.39 is 0 Å². The predicted molar refractivity (Wildman–Crippen MR) is 196 cm³/mol. The average Bonchev–Trinajstić information content (AvgIpc) is 3.63. The van der Waals surface area contributed by atoms with Gasteiger partial charge in [-0.3, -0.25) is 0 Å². The van der Waals surface area contributed by atoms with E-state index in [4.69, 9.17) is 0 Å². The Balaban J connectivity index is 1.41. The van der Waals surface area contributed by atoms with Crippen molar-refractivity contribution >= 4 is 65.2 Å². The number of aromatic nitrogens is 2. The van der Waals surface area contributed by atoms with Gasteiger partial charge in [-0.05, 0) is 69.8 Å². The summed E-state index contributed by atoms with van der Waals surface area (Å²) >= 11 is 0. The van der Waals surface area contributed by atoms with Gasteiger partial charge in [-0.2, -0.15) is 0 Å². The monoisotopic (exact) mass is 585 g/mol. The summed E-state index contributed by atoms with van der Waals surface area (Å²) in [6.45, 7) is 0. The molecule has 0 aliphatic carbocycles. The molecule has 0 saturated carbocycles. The standard InChI is InChI=1S/C44H28N2/c1-3-13-29(14-4-1)32-24-26-40(35-20-10-9-19-34(32)35)46-41-25-23-30-15-7-8-18-33(30)44(41)38-27-37-36-21-11-12-22-39(36)45(42(37)28-43(38)46)31-16-5-2-6-17-31/h1-28H/i20D. The zero-order valence-electron chi connectivity index (χ0n) is 26.0. The first-order chi connectivity index (χ1) is 23.3. The smallest absolute Gasteiger partial charge is 0.0630 e. The van der Waals surface area contributed by atoms with E-state index in [2.05, 4.69) is 155 Å². The summed E-state index contributed by atoms with van der Waals surface area (Å²) in [6, 6.07) is 58.9. The molecule has 0 unspecified atom stereocenters. The van der Waals surface area contributed by atoms with Crippen LogP contribution < -0.4 is 0 Å². The van der Waals surface area contributed by atoms with Gasteiger partial charge in [0, 0.05) is 32.6 Å². The lowest BCUT2D eigenvalue weighted by atomic mass is 9.97. The second-order valence-corrected chi connectivity index (χ2v) is 12.0. The molecule has 0 amide bonds. The van der Waals surface area contributed by atoms with Crippen LogP contribution in [0, 0.1) is 0 Å². The third kappa shape index (κ3) is 3.53. The number of hydrogen-bond donors (Lipinski definition) is 0. The van der Waals surface area contributed by atoms with Crippen LogP contribution in [0.4, 0.5) is 0 Å². The first-order valence-electron chi connectivity index (χ1n) is 16.3. The Kier molecular flexibility index (Phi) is 5.10. The van der Waals surface area contributed by atoms with Gasteiger partial charge in [0.15, 0.2) is 0 Å². The van der Waals surface area contributed by atoms with Crippen molar-refractivity contribution in [2.45, 2.75) is 0 Å². The molecule has 0 bridgehead atoms. The van der Waals surface area contributed by atoms with Crippen molar-refractivity contribution in [2.75, 3.05) is 0 Å². The fourth-order valence-electron chi connectivity index (χ4n) is 7.63. The van der Waals surface area contributed by atoms with Crippen LogP contribution in [0.25, 0.3) is 87.7 Å². The van der Waals surface area contributed by atoms with Gasteiger partial charge in [-0.15, -0.1) is 0 Å². The van der Waals surface area contributed by atoms with E-state index in [0.717, 1.165) is 49.8 Å². The normalized spacial score (nSPS) is 12.2. The van der Waals surface area contributed by atoms with Gasteiger partial charge in [0.2, 0.25) is 0 Å². The first-order valence-corrected chi connectivity index (χ1v) is 15.8. The van der Waals surface area contributed by atoms with Crippen LogP contribution in [0.15, 0.2) is 170 Å². The fraction of sp³-hybridized carbons (Fsp3) is 0. The van der Waals surface area contributed by atoms with E-state index in [1.165, 1.54) is 37.8 Å². The molecule has 2 heteroatoms. The Morgan fingerprint density at radius 1 is 0.391 bits per heavy atom. The van der Waals surface area contributed by atoms with Crippen molar-refractivity contribution in [1.29, 1.82) is 0 Å². The highest BCUT2D eigenvalue weighted by Gasteiger charge is 2.21. The van der Waals surface area contributed by atoms with Crippen LogP contribution in [-0.4, -0.2) is 9.13 Å². The SMILES string of the molecule is [2H]c1cccc2c(-c3ccccc3)ccc(-n3c4cc5c(cc4c4c6ccccc6ccc43)c3ccccc3n5-c3ccccc3)c12. The summed E-state index contributed by atoms with van der Waals surface area (Å²) in [5.41, 5.74) is 9.05. The van der Waals surface area contributed by atoms with Crippen molar-refractivity contribution in [2.24, 2.45) is 0 Å². The molecule has 0 radical (unpaired) electrons. The maximum absolute atomic E-state index is 9.25. The lowest BCUT2D eigenvalue weighted by Gasteiger charge is -2.15. The van der Waals surface area contributed by atoms with Gasteiger partial charge in [0.25, 0.3) is 0 Å². The number of hydrogen-bond acceptors (Lipinski definition) is 0. The van der Waals surface area contributed by atoms with Crippen molar-refractivity contribution < 1.29 is 1.37 Å². The third-order valence-electron chi connectivity index (χ3n) is 9.60. The summed E-state index contributed by atoms with van der Waals surface area (Å²) in [7, 11) is 0. The molecule has 8 aromatic carbocycles. The van der Waals surface area contributed by atoms with Gasteiger partial charge in [-0.1, -0.05) is 127 Å². The van der Waals surface area contributed by atoms with Gasteiger partial charge in [-0.25, -0.2) is 0 Å². The second-order valence-electron chi connectivity index (χ2n) is 12.0. The molecular weight excluding hydrogens is 556 g/mol. The Labute approximate surface area is 267 Å². The lowest BCUT2D eigenvalue weighted by Crippen LogP contribution is -1.97. The largest absolute Gasteiger partial charge is 0.309 e. The van der Waals surface area contributed by atoms with E-state index in [0.29, 0.717) is 6.04 Å². The van der Waals surface area contributed by atoms with Crippen LogP contribution in [0.1, 0.15) is 1.37 Å². The van der Waals surface area contributed by atoms with Crippen LogP contribution in [-0.2, 0) is 0 Å². The summed E-state index contributed by atoms with van der Waals surface area (Å²) in [5.74, 6) is 0. The highest BCUT2D eigenvalue weighted by Crippen LogP contribution is 2.43. The van der Waals surface area contributed by atoms with Gasteiger partial charge >= 0.3 is 0 Å². The molecule has 0 saturated heterocycles. The van der Waals surface area contributed by atoms with E-state index in [1.54, 1.807) is 0 Å². The first kappa shape index (κ1) is 24.2. The summed E-state index contributed by atoms with van der Waals surface area (Å²) in [6.07, 6.45) is 0. The topological polar surface area (TPSA) is 9.86 Å². The molecule has 10 aromatic rings. The summed E-state index contributed by atoms with van der Waals surface area (Å²) < 4.78 is 14.0. The van der Waals surface area contributed by atoms with Crippen molar-refractivity contribution in [1.82, 2.24) is 9.13 Å². The third-order valence-corrected chi connectivity index (χ3v) is 9.60. The minimum absolute atomic E-state index is 0.519. The molecule has 0 aliphatic heterocycles. The Morgan fingerprint density at radius 3 is 1.96 bits per heavy atom. The number of nitrogens with zero attached hydrogens (tertiary/aromatic N) is 2. The quantitative estimate of drug-likeness (QED) is 0.195. The van der Waals surface area contributed by atoms with Crippen molar-refractivity contribution in [3.8, 4) is 22.5 Å².